The Morgan fingerprint density at radius 2 is 1.97 bits per heavy atom. The number of nitrogens with one attached hydrogen (secondary N) is 2. The Kier molecular flexibility index (Phi) is 7.49. The maximum Gasteiger partial charge on any atom is 0.410 e. The molecule has 2 aromatic heterocycles. The minimum absolute atomic E-state index is 0.0885. The van der Waals surface area contributed by atoms with Crippen LogP contribution in [0.1, 0.15) is 75.1 Å². The van der Waals surface area contributed by atoms with Gasteiger partial charge in [-0.2, -0.15) is 18.3 Å². The molecule has 2 atom stereocenters. The van der Waals surface area contributed by atoms with Crippen LogP contribution in [-0.4, -0.2) is 34.4 Å². The third-order valence-electron chi connectivity index (χ3n) is 6.66. The summed E-state index contributed by atoms with van der Waals surface area (Å²) in [5, 5.41) is 9.77. The van der Waals surface area contributed by atoms with Gasteiger partial charge in [0.25, 0.3) is 5.91 Å². The molecule has 2 N–H and O–H groups in total. The molecule has 0 fully saturated rings. The Morgan fingerprint density at radius 3 is 2.66 bits per heavy atom. The van der Waals surface area contributed by atoms with E-state index in [4.69, 9.17) is 16.3 Å². The molecule has 0 saturated heterocycles. The van der Waals surface area contributed by atoms with Gasteiger partial charge in [0, 0.05) is 15.8 Å². The van der Waals surface area contributed by atoms with Crippen LogP contribution in [0.3, 0.4) is 0 Å². The minimum Gasteiger partial charge on any atom is -0.462 e. The van der Waals surface area contributed by atoms with Gasteiger partial charge in [-0.25, -0.2) is 9.48 Å². The van der Waals surface area contributed by atoms with Crippen molar-refractivity contribution in [1.29, 1.82) is 0 Å². The van der Waals surface area contributed by atoms with Gasteiger partial charge in [-0.05, 0) is 55.9 Å². The van der Waals surface area contributed by atoms with Gasteiger partial charge in [0.2, 0.25) is 0 Å². The molecule has 3 aromatic rings. The Morgan fingerprint density at radius 1 is 1.26 bits per heavy atom. The summed E-state index contributed by atoms with van der Waals surface area (Å²) in [5.41, 5.74) is 1.42. The maximum atomic E-state index is 14.1. The van der Waals surface area contributed by atoms with E-state index >= 15 is 0 Å². The van der Waals surface area contributed by atoms with Crippen molar-refractivity contribution in [1.82, 2.24) is 9.78 Å². The number of amides is 1. The lowest BCUT2D eigenvalue weighted by atomic mass is 9.95. The maximum absolute atomic E-state index is 14.1. The molecule has 38 heavy (non-hydrogen) atoms. The zero-order valence-corrected chi connectivity index (χ0v) is 23.3. The smallest absolute Gasteiger partial charge is 0.410 e. The number of ether oxygens (including phenoxy) is 1. The highest BCUT2D eigenvalue weighted by atomic mass is 79.9. The molecule has 5 rings (SSSR count). The number of alkyl halides is 3. The summed E-state index contributed by atoms with van der Waals surface area (Å²) >= 11 is 11.1. The Bertz CT molecular complexity index is 1390. The van der Waals surface area contributed by atoms with Crippen LogP contribution in [0, 0.1) is 0 Å². The Balaban J connectivity index is 1.49. The number of hydrogen-bond acceptors (Lipinski definition) is 6. The fourth-order valence-electron chi connectivity index (χ4n) is 4.88. The molecule has 0 saturated carbocycles. The standard InChI is InChI=1S/C25H23BrClF3N4O3S/c1-2-37-24(36)18-14-5-3-4-6-16(14)38-23(18)32-22(35)20-19(27)21-31-15(12-7-9-13(26)10-8-12)11-17(25(28,29)30)34(21)33-20/h7-10,15,17,31H,2-6,11H2,1H3,(H,32,35)/t15-,17-/m0/s1. The SMILES string of the molecule is CCOC(=O)c1c(NC(=O)c2nn3c(c2Cl)N[C@H](c2ccc(Br)cc2)C[C@H]3C(F)(F)F)sc2c1CCCC2. The summed E-state index contributed by atoms with van der Waals surface area (Å²) in [6, 6.07) is 4.24. The first-order chi connectivity index (χ1) is 18.1. The van der Waals surface area contributed by atoms with E-state index in [0.717, 1.165) is 38.9 Å². The van der Waals surface area contributed by atoms with Crippen LogP contribution < -0.4 is 10.6 Å². The molecule has 1 aliphatic carbocycles. The number of benzene rings is 1. The molecule has 7 nitrogen and oxygen atoms in total. The molecule has 3 heterocycles. The predicted molar refractivity (Wildman–Crippen MR) is 142 cm³/mol. The number of hydrogen-bond donors (Lipinski definition) is 2. The van der Waals surface area contributed by atoms with Crippen LogP contribution in [0.25, 0.3) is 0 Å². The lowest BCUT2D eigenvalue weighted by molar-refractivity contribution is -0.173. The summed E-state index contributed by atoms with van der Waals surface area (Å²) in [4.78, 5) is 27.0. The fraction of sp³-hybridized carbons (Fsp3) is 0.400. The van der Waals surface area contributed by atoms with Crippen molar-refractivity contribution in [2.45, 2.75) is 57.3 Å². The van der Waals surface area contributed by atoms with Crippen molar-refractivity contribution in [3.8, 4) is 0 Å². The zero-order chi connectivity index (χ0) is 27.2. The van der Waals surface area contributed by atoms with Gasteiger partial charge < -0.3 is 15.4 Å². The van der Waals surface area contributed by atoms with Gasteiger partial charge in [0.05, 0.1) is 18.2 Å². The largest absolute Gasteiger partial charge is 0.462 e. The number of carbonyl (C=O) groups is 2. The molecule has 0 unspecified atom stereocenters. The normalized spacial score (nSPS) is 18.8. The number of nitrogens with zero attached hydrogens (tertiary/aromatic N) is 2. The van der Waals surface area contributed by atoms with Crippen molar-refractivity contribution in [2.24, 2.45) is 0 Å². The Labute approximate surface area is 233 Å². The minimum atomic E-state index is -4.63. The third kappa shape index (κ3) is 5.05. The number of rotatable bonds is 5. The second-order valence-electron chi connectivity index (χ2n) is 9.09. The summed E-state index contributed by atoms with van der Waals surface area (Å²) in [5.74, 6) is -1.44. The van der Waals surface area contributed by atoms with Crippen molar-refractivity contribution in [2.75, 3.05) is 17.2 Å². The first-order valence-corrected chi connectivity index (χ1v) is 14.1. The number of anilines is 2. The molecule has 1 aliphatic heterocycles. The van der Waals surface area contributed by atoms with E-state index in [1.54, 1.807) is 31.2 Å². The number of aromatic nitrogens is 2. The van der Waals surface area contributed by atoms with Gasteiger partial charge in [-0.1, -0.05) is 39.7 Å². The van der Waals surface area contributed by atoms with Crippen molar-refractivity contribution >= 4 is 61.6 Å². The average Bonchev–Trinajstić information content (AvgIpc) is 3.40. The van der Waals surface area contributed by atoms with Crippen LogP contribution in [0.4, 0.5) is 24.0 Å². The number of thiophene rings is 1. The highest BCUT2D eigenvalue weighted by Gasteiger charge is 2.48. The highest BCUT2D eigenvalue weighted by Crippen LogP contribution is 2.46. The van der Waals surface area contributed by atoms with E-state index in [9.17, 15) is 22.8 Å². The number of halogens is 5. The molecule has 0 bridgehead atoms. The van der Waals surface area contributed by atoms with E-state index in [-0.39, 0.29) is 34.6 Å². The summed E-state index contributed by atoms with van der Waals surface area (Å²) in [7, 11) is 0. The number of aryl methyl sites for hydroxylation is 1. The molecule has 2 aliphatic rings. The number of esters is 1. The molecule has 1 aromatic carbocycles. The van der Waals surface area contributed by atoms with Crippen molar-refractivity contribution in [3.05, 3.63) is 61.0 Å². The molecule has 1 amide bonds. The fourth-order valence-corrected chi connectivity index (χ4v) is 6.69. The van der Waals surface area contributed by atoms with E-state index in [1.165, 1.54) is 11.3 Å². The predicted octanol–water partition coefficient (Wildman–Crippen LogP) is 7.33. The molecule has 0 radical (unpaired) electrons. The second kappa shape index (κ2) is 10.5. The van der Waals surface area contributed by atoms with E-state index < -0.39 is 30.1 Å². The molecule has 202 valence electrons. The highest BCUT2D eigenvalue weighted by molar-refractivity contribution is 9.10. The molecular formula is C25H23BrClF3N4O3S. The second-order valence-corrected chi connectivity index (χ2v) is 11.5. The average molecular weight is 632 g/mol. The van der Waals surface area contributed by atoms with Crippen LogP contribution in [0.5, 0.6) is 0 Å². The summed E-state index contributed by atoms with van der Waals surface area (Å²) in [6.07, 6.45) is -1.63. The summed E-state index contributed by atoms with van der Waals surface area (Å²) < 4.78 is 49.1. The zero-order valence-electron chi connectivity index (χ0n) is 20.1. The number of carbonyl (C=O) groups excluding carboxylic acids is 2. The van der Waals surface area contributed by atoms with Crippen molar-refractivity contribution < 1.29 is 27.5 Å². The lowest BCUT2D eigenvalue weighted by Gasteiger charge is -2.33. The third-order valence-corrected chi connectivity index (χ3v) is 8.75. The summed E-state index contributed by atoms with van der Waals surface area (Å²) in [6.45, 7) is 1.86. The topological polar surface area (TPSA) is 85.2 Å². The van der Waals surface area contributed by atoms with Crippen molar-refractivity contribution in [3.63, 3.8) is 0 Å². The quantitative estimate of drug-likeness (QED) is 0.288. The molecule has 0 spiro atoms. The Hall–Kier alpha value is -2.57. The monoisotopic (exact) mass is 630 g/mol. The lowest BCUT2D eigenvalue weighted by Crippen LogP contribution is -2.35. The van der Waals surface area contributed by atoms with E-state index in [0.29, 0.717) is 17.5 Å². The van der Waals surface area contributed by atoms with Crippen LogP contribution in [0.2, 0.25) is 5.02 Å². The first kappa shape index (κ1) is 27.0. The van der Waals surface area contributed by atoms with Crippen LogP contribution >= 0.6 is 38.9 Å². The van der Waals surface area contributed by atoms with Gasteiger partial charge in [-0.15, -0.1) is 11.3 Å². The molecular weight excluding hydrogens is 609 g/mol. The first-order valence-electron chi connectivity index (χ1n) is 12.1. The van der Waals surface area contributed by atoms with Gasteiger partial charge in [-0.3, -0.25) is 4.79 Å². The van der Waals surface area contributed by atoms with E-state index in [2.05, 4.69) is 31.7 Å². The van der Waals surface area contributed by atoms with Gasteiger partial charge >= 0.3 is 12.1 Å². The van der Waals surface area contributed by atoms with Crippen LogP contribution in [-0.2, 0) is 17.6 Å². The van der Waals surface area contributed by atoms with E-state index in [1.807, 2.05) is 0 Å². The molecule has 13 heteroatoms. The van der Waals surface area contributed by atoms with Gasteiger partial charge in [0.1, 0.15) is 15.8 Å². The van der Waals surface area contributed by atoms with Crippen LogP contribution in [0.15, 0.2) is 28.7 Å². The number of fused-ring (bicyclic) bond motifs is 2. The van der Waals surface area contributed by atoms with Gasteiger partial charge in [0.15, 0.2) is 11.7 Å².